The first-order valence-corrected chi connectivity index (χ1v) is 4.66. The molecule has 0 aliphatic rings. The van der Waals surface area contributed by atoms with E-state index in [1.54, 1.807) is 12.1 Å². The van der Waals surface area contributed by atoms with Gasteiger partial charge in [-0.05, 0) is 18.6 Å². The zero-order valence-corrected chi connectivity index (χ0v) is 8.34. The summed E-state index contributed by atoms with van der Waals surface area (Å²) in [5, 5.41) is 0.403. The summed E-state index contributed by atoms with van der Waals surface area (Å²) in [7, 11) is 0. The van der Waals surface area contributed by atoms with Crippen LogP contribution in [0.15, 0.2) is 12.1 Å². The maximum absolute atomic E-state index is 5.68. The van der Waals surface area contributed by atoms with Crippen LogP contribution in [-0.2, 0) is 0 Å². The molecule has 0 amide bonds. The van der Waals surface area contributed by atoms with Crippen LogP contribution < -0.4 is 10.5 Å². The molecule has 0 unspecified atom stereocenters. The highest BCUT2D eigenvalue weighted by atomic mass is 35.5. The number of pyridine rings is 1. The van der Waals surface area contributed by atoms with E-state index in [9.17, 15) is 0 Å². The molecule has 0 radical (unpaired) electrons. The third kappa shape index (κ3) is 3.11. The van der Waals surface area contributed by atoms with Gasteiger partial charge in [0.15, 0.2) is 0 Å². The number of halogens is 1. The lowest BCUT2D eigenvalue weighted by atomic mass is 10.3. The Kier molecular flexibility index (Phi) is 3.83. The van der Waals surface area contributed by atoms with Crippen molar-refractivity contribution in [1.82, 2.24) is 4.98 Å². The van der Waals surface area contributed by atoms with E-state index in [2.05, 4.69) is 11.9 Å². The standard InChI is InChI=1S/C9H13ClN2O/c1-2-3-6-13-9-7(11)4-5-8(10)12-9/h4-5H,2-3,6,11H2,1H3. The third-order valence-electron chi connectivity index (χ3n) is 1.59. The first-order chi connectivity index (χ1) is 6.24. The fourth-order valence-corrected chi connectivity index (χ4v) is 0.997. The number of nitrogens with two attached hydrogens (primary N) is 1. The largest absolute Gasteiger partial charge is 0.476 e. The molecule has 72 valence electrons. The normalized spacial score (nSPS) is 10.0. The van der Waals surface area contributed by atoms with Crippen molar-refractivity contribution in [2.24, 2.45) is 0 Å². The molecule has 0 saturated heterocycles. The number of hydrogen-bond acceptors (Lipinski definition) is 3. The van der Waals surface area contributed by atoms with Crippen molar-refractivity contribution in [3.8, 4) is 5.88 Å². The average molecular weight is 201 g/mol. The fraction of sp³-hybridized carbons (Fsp3) is 0.444. The summed E-state index contributed by atoms with van der Waals surface area (Å²) >= 11 is 5.68. The molecule has 1 rings (SSSR count). The molecule has 1 aromatic heterocycles. The van der Waals surface area contributed by atoms with Crippen LogP contribution in [0.2, 0.25) is 5.15 Å². The number of anilines is 1. The highest BCUT2D eigenvalue weighted by molar-refractivity contribution is 6.29. The molecule has 1 heterocycles. The molecule has 2 N–H and O–H groups in total. The predicted molar refractivity (Wildman–Crippen MR) is 54.1 cm³/mol. The van der Waals surface area contributed by atoms with Gasteiger partial charge in [-0.15, -0.1) is 0 Å². The van der Waals surface area contributed by atoms with Gasteiger partial charge in [0.25, 0.3) is 0 Å². The van der Waals surface area contributed by atoms with Crippen LogP contribution in [0, 0.1) is 0 Å². The molecule has 0 aliphatic heterocycles. The lowest BCUT2D eigenvalue weighted by Gasteiger charge is -2.06. The number of ether oxygens (including phenoxy) is 1. The van der Waals surface area contributed by atoms with Crippen molar-refractivity contribution in [3.63, 3.8) is 0 Å². The van der Waals surface area contributed by atoms with Crippen molar-refractivity contribution in [2.45, 2.75) is 19.8 Å². The fourth-order valence-electron chi connectivity index (χ4n) is 0.857. The maximum atomic E-state index is 5.68. The molecule has 0 atom stereocenters. The monoisotopic (exact) mass is 200 g/mol. The molecule has 0 aromatic carbocycles. The van der Waals surface area contributed by atoms with Crippen molar-refractivity contribution in [1.29, 1.82) is 0 Å². The summed E-state index contributed by atoms with van der Waals surface area (Å²) in [5.41, 5.74) is 6.15. The van der Waals surface area contributed by atoms with E-state index >= 15 is 0 Å². The van der Waals surface area contributed by atoms with Gasteiger partial charge in [0.05, 0.1) is 12.3 Å². The molecule has 3 nitrogen and oxygen atoms in total. The third-order valence-corrected chi connectivity index (χ3v) is 1.80. The Morgan fingerprint density at radius 2 is 2.31 bits per heavy atom. The van der Waals surface area contributed by atoms with Crippen molar-refractivity contribution in [3.05, 3.63) is 17.3 Å². The molecule has 0 saturated carbocycles. The lowest BCUT2D eigenvalue weighted by Crippen LogP contribution is -2.01. The zero-order valence-electron chi connectivity index (χ0n) is 7.59. The molecule has 0 spiro atoms. The van der Waals surface area contributed by atoms with Crippen LogP contribution in [-0.4, -0.2) is 11.6 Å². The Labute approximate surface area is 82.9 Å². The van der Waals surface area contributed by atoms with E-state index in [-0.39, 0.29) is 0 Å². The summed E-state index contributed by atoms with van der Waals surface area (Å²) in [4.78, 5) is 3.96. The number of hydrogen-bond donors (Lipinski definition) is 1. The Hall–Kier alpha value is -0.960. The topological polar surface area (TPSA) is 48.1 Å². The summed E-state index contributed by atoms with van der Waals surface area (Å²) in [6.07, 6.45) is 2.08. The van der Waals surface area contributed by atoms with Gasteiger partial charge < -0.3 is 10.5 Å². The molecule has 13 heavy (non-hydrogen) atoms. The molecule has 0 aliphatic carbocycles. The molecule has 0 bridgehead atoms. The van der Waals surface area contributed by atoms with Crippen LogP contribution in [0.5, 0.6) is 5.88 Å². The summed E-state index contributed by atoms with van der Waals surface area (Å²) in [6.45, 7) is 2.73. The van der Waals surface area contributed by atoms with Gasteiger partial charge in [-0.1, -0.05) is 24.9 Å². The molecule has 0 fully saturated rings. The molecule has 4 heteroatoms. The van der Waals surface area contributed by atoms with Gasteiger partial charge in [-0.25, -0.2) is 0 Å². The Bertz CT molecular complexity index is 278. The van der Waals surface area contributed by atoms with E-state index in [0.29, 0.717) is 23.3 Å². The number of nitrogens with zero attached hydrogens (tertiary/aromatic N) is 1. The quantitative estimate of drug-likeness (QED) is 0.600. The second kappa shape index (κ2) is 4.92. The second-order valence-electron chi connectivity index (χ2n) is 2.73. The minimum atomic E-state index is 0.403. The summed E-state index contributed by atoms with van der Waals surface area (Å²) in [6, 6.07) is 3.33. The van der Waals surface area contributed by atoms with Crippen LogP contribution in [0.3, 0.4) is 0 Å². The Balaban J connectivity index is 2.59. The van der Waals surface area contributed by atoms with Crippen LogP contribution in [0.1, 0.15) is 19.8 Å². The van der Waals surface area contributed by atoms with Crippen molar-refractivity contribution < 1.29 is 4.74 Å². The molecular weight excluding hydrogens is 188 g/mol. The number of unbranched alkanes of at least 4 members (excludes halogenated alkanes) is 1. The van der Waals surface area contributed by atoms with E-state index in [1.165, 1.54) is 0 Å². The minimum Gasteiger partial charge on any atom is -0.476 e. The number of rotatable bonds is 4. The van der Waals surface area contributed by atoms with Gasteiger partial charge >= 0.3 is 0 Å². The summed E-state index contributed by atoms with van der Waals surface area (Å²) in [5.74, 6) is 0.431. The van der Waals surface area contributed by atoms with Crippen LogP contribution in [0.25, 0.3) is 0 Å². The van der Waals surface area contributed by atoms with E-state index in [0.717, 1.165) is 12.8 Å². The first-order valence-electron chi connectivity index (χ1n) is 4.29. The highest BCUT2D eigenvalue weighted by Gasteiger charge is 2.01. The van der Waals surface area contributed by atoms with Crippen molar-refractivity contribution >= 4 is 17.3 Å². The number of nitrogen functional groups attached to an aromatic ring is 1. The van der Waals surface area contributed by atoms with Gasteiger partial charge in [0.2, 0.25) is 5.88 Å². The smallest absolute Gasteiger partial charge is 0.238 e. The Morgan fingerprint density at radius 1 is 1.54 bits per heavy atom. The van der Waals surface area contributed by atoms with Gasteiger partial charge in [-0.3, -0.25) is 0 Å². The second-order valence-corrected chi connectivity index (χ2v) is 3.12. The van der Waals surface area contributed by atoms with Gasteiger partial charge in [0, 0.05) is 0 Å². The van der Waals surface area contributed by atoms with Crippen LogP contribution in [0.4, 0.5) is 5.69 Å². The zero-order chi connectivity index (χ0) is 9.68. The maximum Gasteiger partial charge on any atom is 0.238 e. The Morgan fingerprint density at radius 3 is 3.00 bits per heavy atom. The van der Waals surface area contributed by atoms with Crippen LogP contribution >= 0.6 is 11.6 Å². The molecule has 1 aromatic rings. The number of aromatic nitrogens is 1. The van der Waals surface area contributed by atoms with Crippen molar-refractivity contribution in [2.75, 3.05) is 12.3 Å². The highest BCUT2D eigenvalue weighted by Crippen LogP contribution is 2.20. The lowest BCUT2D eigenvalue weighted by molar-refractivity contribution is 0.299. The first kappa shape index (κ1) is 10.1. The van der Waals surface area contributed by atoms with E-state index in [1.807, 2.05) is 0 Å². The average Bonchev–Trinajstić information content (AvgIpc) is 2.11. The molecular formula is C9H13ClN2O. The van der Waals surface area contributed by atoms with Gasteiger partial charge in [-0.2, -0.15) is 4.98 Å². The van der Waals surface area contributed by atoms with Gasteiger partial charge in [0.1, 0.15) is 5.15 Å². The minimum absolute atomic E-state index is 0.403. The van der Waals surface area contributed by atoms with E-state index in [4.69, 9.17) is 22.1 Å². The predicted octanol–water partition coefficient (Wildman–Crippen LogP) is 2.50. The van der Waals surface area contributed by atoms with E-state index < -0.39 is 0 Å². The summed E-state index contributed by atoms with van der Waals surface area (Å²) < 4.78 is 5.34. The SMILES string of the molecule is CCCCOc1nc(Cl)ccc1N.